The van der Waals surface area contributed by atoms with Crippen molar-refractivity contribution in [2.75, 3.05) is 13.1 Å². The van der Waals surface area contributed by atoms with E-state index in [-0.39, 0.29) is 11.5 Å². The second kappa shape index (κ2) is 3.62. The largest absolute Gasteiger partial charge is 0.469 e. The summed E-state index contributed by atoms with van der Waals surface area (Å²) in [4.78, 5) is 3.64. The summed E-state index contributed by atoms with van der Waals surface area (Å²) in [5.74, 6) is 0.219. The fourth-order valence-electron chi connectivity index (χ4n) is 1.41. The predicted octanol–water partition coefficient (Wildman–Crippen LogP) is 1.84. The summed E-state index contributed by atoms with van der Waals surface area (Å²) in [5, 5.41) is 3.02. The highest BCUT2D eigenvalue weighted by molar-refractivity contribution is 5.21. The maximum Gasteiger partial charge on any atom is 0.417 e. The summed E-state index contributed by atoms with van der Waals surface area (Å²) in [6.07, 6.45) is -3.57. The van der Waals surface area contributed by atoms with E-state index in [9.17, 15) is 13.2 Å². The van der Waals surface area contributed by atoms with E-state index in [2.05, 4.69) is 10.3 Å². The quantitative estimate of drug-likeness (QED) is 0.844. The Bertz CT molecular complexity index is 371. The minimum absolute atomic E-state index is 0.219. The van der Waals surface area contributed by atoms with Crippen LogP contribution in [-0.4, -0.2) is 23.7 Å². The summed E-state index contributed by atoms with van der Waals surface area (Å²) in [6, 6.07) is 2.21. The van der Waals surface area contributed by atoms with E-state index in [1.807, 2.05) is 6.92 Å². The fourth-order valence-corrected chi connectivity index (χ4v) is 1.41. The van der Waals surface area contributed by atoms with Gasteiger partial charge in [0.25, 0.3) is 0 Å². The molecule has 88 valence electrons. The van der Waals surface area contributed by atoms with Gasteiger partial charge < -0.3 is 10.1 Å². The van der Waals surface area contributed by atoms with Gasteiger partial charge >= 0.3 is 6.18 Å². The second-order valence-corrected chi connectivity index (χ2v) is 4.04. The zero-order chi connectivity index (χ0) is 11.8. The molecule has 1 aliphatic rings. The fraction of sp³-hybridized carbons (Fsp3) is 0.500. The highest BCUT2D eigenvalue weighted by Gasteiger charge is 2.35. The molecule has 1 aromatic heterocycles. The minimum Gasteiger partial charge on any atom is -0.469 e. The van der Waals surface area contributed by atoms with E-state index >= 15 is 0 Å². The number of halogens is 3. The average molecular weight is 232 g/mol. The molecule has 0 aliphatic carbocycles. The third-order valence-corrected chi connectivity index (χ3v) is 2.41. The van der Waals surface area contributed by atoms with Gasteiger partial charge in [0.2, 0.25) is 5.88 Å². The Morgan fingerprint density at radius 3 is 2.44 bits per heavy atom. The highest BCUT2D eigenvalue weighted by atomic mass is 19.4. The summed E-state index contributed by atoms with van der Waals surface area (Å²) < 4.78 is 42.2. The van der Waals surface area contributed by atoms with Gasteiger partial charge in [-0.3, -0.25) is 0 Å². The Labute approximate surface area is 90.6 Å². The van der Waals surface area contributed by atoms with Gasteiger partial charge in [-0.15, -0.1) is 0 Å². The first-order chi connectivity index (χ1) is 7.39. The van der Waals surface area contributed by atoms with Gasteiger partial charge in [0.15, 0.2) is 0 Å². The van der Waals surface area contributed by atoms with Crippen molar-refractivity contribution < 1.29 is 17.9 Å². The molecule has 0 atom stereocenters. The van der Waals surface area contributed by atoms with Crippen molar-refractivity contribution in [3.05, 3.63) is 23.9 Å². The lowest BCUT2D eigenvalue weighted by Gasteiger charge is -2.38. The molecule has 0 aromatic carbocycles. The van der Waals surface area contributed by atoms with E-state index in [1.165, 1.54) is 6.07 Å². The summed E-state index contributed by atoms with van der Waals surface area (Å²) in [7, 11) is 0. The smallest absolute Gasteiger partial charge is 0.417 e. The van der Waals surface area contributed by atoms with Gasteiger partial charge in [-0.2, -0.15) is 13.2 Å². The second-order valence-electron chi connectivity index (χ2n) is 4.04. The normalized spacial score (nSPS) is 19.0. The van der Waals surface area contributed by atoms with Crippen molar-refractivity contribution in [2.24, 2.45) is 0 Å². The summed E-state index contributed by atoms with van der Waals surface area (Å²) >= 11 is 0. The number of aromatic nitrogens is 1. The molecule has 16 heavy (non-hydrogen) atoms. The molecule has 1 N–H and O–H groups in total. The molecule has 0 radical (unpaired) electrons. The first kappa shape index (κ1) is 11.2. The first-order valence-electron chi connectivity index (χ1n) is 4.82. The number of nitrogens with zero attached hydrogens (tertiary/aromatic N) is 1. The van der Waals surface area contributed by atoms with E-state index < -0.39 is 11.7 Å². The molecule has 0 spiro atoms. The molecule has 1 aliphatic heterocycles. The van der Waals surface area contributed by atoms with Crippen LogP contribution in [0.2, 0.25) is 0 Å². The Kier molecular flexibility index (Phi) is 2.53. The van der Waals surface area contributed by atoms with Crippen LogP contribution in [0.25, 0.3) is 0 Å². The Morgan fingerprint density at radius 2 is 2.06 bits per heavy atom. The van der Waals surface area contributed by atoms with Crippen LogP contribution < -0.4 is 10.1 Å². The predicted molar refractivity (Wildman–Crippen MR) is 51.1 cm³/mol. The lowest BCUT2D eigenvalue weighted by Crippen LogP contribution is -2.61. The summed E-state index contributed by atoms with van der Waals surface area (Å²) in [6.45, 7) is 3.23. The summed E-state index contributed by atoms with van der Waals surface area (Å²) in [5.41, 5.74) is -1.12. The molecule has 0 saturated carbocycles. The number of hydrogen-bond acceptors (Lipinski definition) is 3. The Balaban J connectivity index is 2.08. The number of nitrogens with one attached hydrogen (secondary N) is 1. The van der Waals surface area contributed by atoms with Gasteiger partial charge in [0, 0.05) is 25.4 Å². The molecule has 2 rings (SSSR count). The molecule has 2 heterocycles. The number of ether oxygens (including phenoxy) is 1. The topological polar surface area (TPSA) is 34.1 Å². The SMILES string of the molecule is CC1(Oc2ccc(C(F)(F)F)cn2)CNC1. The Hall–Kier alpha value is -1.30. The van der Waals surface area contributed by atoms with Gasteiger partial charge in [-0.25, -0.2) is 4.98 Å². The zero-order valence-electron chi connectivity index (χ0n) is 8.64. The standard InChI is InChI=1S/C10H11F3N2O/c1-9(5-14-6-9)16-8-3-2-7(4-15-8)10(11,12)13/h2-4,14H,5-6H2,1H3. The van der Waals surface area contributed by atoms with Crippen molar-refractivity contribution in [1.82, 2.24) is 10.3 Å². The van der Waals surface area contributed by atoms with Crippen LogP contribution in [0.3, 0.4) is 0 Å². The van der Waals surface area contributed by atoms with Crippen LogP contribution >= 0.6 is 0 Å². The number of alkyl halides is 3. The number of hydrogen-bond donors (Lipinski definition) is 1. The monoisotopic (exact) mass is 232 g/mol. The molecular weight excluding hydrogens is 221 g/mol. The molecule has 6 heteroatoms. The number of pyridine rings is 1. The van der Waals surface area contributed by atoms with Gasteiger partial charge in [-0.1, -0.05) is 0 Å². The van der Waals surface area contributed by atoms with Crippen LogP contribution in [0.4, 0.5) is 13.2 Å². The van der Waals surface area contributed by atoms with Gasteiger partial charge in [0.1, 0.15) is 5.60 Å². The maximum absolute atomic E-state index is 12.2. The van der Waals surface area contributed by atoms with Crippen molar-refractivity contribution in [3.8, 4) is 5.88 Å². The van der Waals surface area contributed by atoms with Gasteiger partial charge in [-0.05, 0) is 13.0 Å². The maximum atomic E-state index is 12.2. The molecule has 1 fully saturated rings. The molecule has 1 saturated heterocycles. The Morgan fingerprint density at radius 1 is 1.38 bits per heavy atom. The van der Waals surface area contributed by atoms with Crippen LogP contribution in [0, 0.1) is 0 Å². The van der Waals surface area contributed by atoms with Crippen molar-refractivity contribution in [1.29, 1.82) is 0 Å². The lowest BCUT2D eigenvalue weighted by molar-refractivity contribution is -0.137. The number of rotatable bonds is 2. The van der Waals surface area contributed by atoms with Crippen LogP contribution in [-0.2, 0) is 6.18 Å². The van der Waals surface area contributed by atoms with E-state index in [0.717, 1.165) is 12.3 Å². The van der Waals surface area contributed by atoms with Crippen LogP contribution in [0.5, 0.6) is 5.88 Å². The van der Waals surface area contributed by atoms with Crippen molar-refractivity contribution in [2.45, 2.75) is 18.7 Å². The van der Waals surface area contributed by atoms with Crippen molar-refractivity contribution >= 4 is 0 Å². The average Bonchev–Trinajstić information content (AvgIpc) is 2.15. The lowest BCUT2D eigenvalue weighted by atomic mass is 10.0. The molecule has 0 unspecified atom stereocenters. The molecule has 0 amide bonds. The first-order valence-corrected chi connectivity index (χ1v) is 4.82. The highest BCUT2D eigenvalue weighted by Crippen LogP contribution is 2.29. The third kappa shape index (κ3) is 2.27. The van der Waals surface area contributed by atoms with E-state index in [4.69, 9.17) is 4.74 Å². The minimum atomic E-state index is -4.35. The van der Waals surface area contributed by atoms with Crippen LogP contribution in [0.15, 0.2) is 18.3 Å². The molecule has 1 aromatic rings. The van der Waals surface area contributed by atoms with E-state index in [1.54, 1.807) is 0 Å². The van der Waals surface area contributed by atoms with E-state index in [0.29, 0.717) is 13.1 Å². The molecular formula is C10H11F3N2O. The molecule has 3 nitrogen and oxygen atoms in total. The van der Waals surface area contributed by atoms with Crippen molar-refractivity contribution in [3.63, 3.8) is 0 Å². The third-order valence-electron chi connectivity index (χ3n) is 2.41. The van der Waals surface area contributed by atoms with Gasteiger partial charge in [0.05, 0.1) is 5.56 Å². The zero-order valence-corrected chi connectivity index (χ0v) is 8.64. The van der Waals surface area contributed by atoms with Crippen LogP contribution in [0.1, 0.15) is 12.5 Å². The molecule has 0 bridgehead atoms.